The van der Waals surface area contributed by atoms with E-state index in [1.807, 2.05) is 37.6 Å². The van der Waals surface area contributed by atoms with Gasteiger partial charge in [-0.05, 0) is 21.0 Å². The molecule has 2 aromatic rings. The molecule has 0 amide bonds. The lowest BCUT2D eigenvalue weighted by Crippen LogP contribution is -2.49. The summed E-state index contributed by atoms with van der Waals surface area (Å²) in [5, 5.41) is 15.6. The van der Waals surface area contributed by atoms with Crippen molar-refractivity contribution in [3.8, 4) is 0 Å². The van der Waals surface area contributed by atoms with Gasteiger partial charge in [0.25, 0.3) is 0 Å². The van der Waals surface area contributed by atoms with Crippen LogP contribution in [0.15, 0.2) is 0 Å². The third-order valence-electron chi connectivity index (χ3n) is 4.22. The predicted octanol–water partition coefficient (Wildman–Crippen LogP) is 0.383. The van der Waals surface area contributed by atoms with Gasteiger partial charge in [-0.1, -0.05) is 11.3 Å². The summed E-state index contributed by atoms with van der Waals surface area (Å²) in [5.41, 5.74) is 2.03. The molecule has 0 saturated carbocycles. The van der Waals surface area contributed by atoms with Crippen molar-refractivity contribution < 1.29 is 5.11 Å². The molecular formula is C15H26N6OS. The number of aliphatic hydroxyl groups excluding tert-OH is 1. The SMILES string of the molecule is Cc1nn(C)c2nc(N3CCN(C[C@H](O)CN(C)C)CC3)sc12. The number of aryl methyl sites for hydroxylation is 2. The molecule has 3 rings (SSSR count). The lowest BCUT2D eigenvalue weighted by Gasteiger charge is -2.35. The number of nitrogens with zero attached hydrogens (tertiary/aromatic N) is 6. The number of β-amino-alcohol motifs (C(OH)–C–C–N with tert-alkyl or cyclic N) is 1. The highest BCUT2D eigenvalue weighted by Crippen LogP contribution is 2.31. The quantitative estimate of drug-likeness (QED) is 0.851. The van der Waals surface area contributed by atoms with Crippen LogP contribution >= 0.6 is 11.3 Å². The number of likely N-dealkylation sites (N-methyl/N-ethyl adjacent to an activating group) is 1. The molecule has 7 nitrogen and oxygen atoms in total. The van der Waals surface area contributed by atoms with Gasteiger partial charge in [-0.2, -0.15) is 5.10 Å². The van der Waals surface area contributed by atoms with E-state index in [0.717, 1.165) is 49.2 Å². The molecule has 0 radical (unpaired) electrons. The van der Waals surface area contributed by atoms with E-state index in [1.54, 1.807) is 11.3 Å². The maximum absolute atomic E-state index is 10.1. The molecule has 3 heterocycles. The van der Waals surface area contributed by atoms with Crippen LogP contribution in [-0.4, -0.2) is 89.1 Å². The minimum atomic E-state index is -0.285. The van der Waals surface area contributed by atoms with Crippen LogP contribution < -0.4 is 4.90 Å². The molecule has 0 bridgehead atoms. The average Bonchev–Trinajstić information content (AvgIpc) is 3.01. The first-order chi connectivity index (χ1) is 10.9. The highest BCUT2D eigenvalue weighted by Gasteiger charge is 2.23. The molecule has 1 fully saturated rings. The normalized spacial score (nSPS) is 18.3. The van der Waals surface area contributed by atoms with Gasteiger partial charge in [0.05, 0.1) is 16.5 Å². The van der Waals surface area contributed by atoms with Gasteiger partial charge in [-0.3, -0.25) is 4.90 Å². The highest BCUT2D eigenvalue weighted by molar-refractivity contribution is 7.22. The van der Waals surface area contributed by atoms with Crippen LogP contribution in [0.4, 0.5) is 5.13 Å². The number of piperazine rings is 1. The van der Waals surface area contributed by atoms with Gasteiger partial charge in [-0.25, -0.2) is 9.67 Å². The molecule has 1 N–H and O–H groups in total. The van der Waals surface area contributed by atoms with E-state index in [2.05, 4.69) is 14.9 Å². The molecule has 0 spiro atoms. The lowest BCUT2D eigenvalue weighted by atomic mass is 10.2. The molecule has 1 saturated heterocycles. The van der Waals surface area contributed by atoms with E-state index in [-0.39, 0.29) is 6.10 Å². The van der Waals surface area contributed by atoms with Crippen molar-refractivity contribution >= 4 is 26.8 Å². The largest absolute Gasteiger partial charge is 0.390 e. The summed E-state index contributed by atoms with van der Waals surface area (Å²) >= 11 is 1.73. The molecule has 0 unspecified atom stereocenters. The second-order valence-electron chi connectivity index (χ2n) is 6.56. The Bertz CT molecular complexity index is 624. The van der Waals surface area contributed by atoms with Crippen LogP contribution in [0.2, 0.25) is 0 Å². The van der Waals surface area contributed by atoms with Gasteiger partial charge >= 0.3 is 0 Å². The van der Waals surface area contributed by atoms with E-state index >= 15 is 0 Å². The number of thiazole rings is 1. The molecule has 23 heavy (non-hydrogen) atoms. The monoisotopic (exact) mass is 338 g/mol. The van der Waals surface area contributed by atoms with Crippen molar-refractivity contribution in [2.24, 2.45) is 7.05 Å². The minimum Gasteiger partial charge on any atom is -0.390 e. The van der Waals surface area contributed by atoms with Crippen molar-refractivity contribution in [3.05, 3.63) is 5.69 Å². The highest BCUT2D eigenvalue weighted by atomic mass is 32.1. The third kappa shape index (κ3) is 3.65. The fourth-order valence-electron chi connectivity index (χ4n) is 3.11. The summed E-state index contributed by atoms with van der Waals surface area (Å²) in [6.45, 7) is 7.35. The maximum atomic E-state index is 10.1. The molecule has 1 aliphatic rings. The first-order valence-electron chi connectivity index (χ1n) is 8.04. The summed E-state index contributed by atoms with van der Waals surface area (Å²) in [7, 11) is 5.93. The van der Waals surface area contributed by atoms with Gasteiger partial charge in [0, 0.05) is 46.3 Å². The molecule has 128 valence electrons. The standard InChI is InChI=1S/C15H26N6OS/c1-11-13-14(19(4)17-11)16-15(23-13)21-7-5-20(6-8-21)10-12(22)9-18(2)3/h12,22H,5-10H2,1-4H3/t12-/m1/s1. The number of hydrogen-bond donors (Lipinski definition) is 1. The zero-order chi connectivity index (χ0) is 16.6. The zero-order valence-corrected chi connectivity index (χ0v) is 15.2. The van der Waals surface area contributed by atoms with E-state index < -0.39 is 0 Å². The Morgan fingerprint density at radius 3 is 2.57 bits per heavy atom. The van der Waals surface area contributed by atoms with Gasteiger partial charge in [0.15, 0.2) is 10.8 Å². The first kappa shape index (κ1) is 16.6. The number of aromatic nitrogens is 3. The first-order valence-corrected chi connectivity index (χ1v) is 8.86. The molecule has 0 aliphatic carbocycles. The van der Waals surface area contributed by atoms with E-state index in [9.17, 15) is 5.11 Å². The number of hydrogen-bond acceptors (Lipinski definition) is 7. The van der Waals surface area contributed by atoms with Gasteiger partial charge in [-0.15, -0.1) is 0 Å². The molecule has 1 atom stereocenters. The number of anilines is 1. The van der Waals surface area contributed by atoms with Crippen LogP contribution in [-0.2, 0) is 7.05 Å². The van der Waals surface area contributed by atoms with Crippen molar-refractivity contribution in [3.63, 3.8) is 0 Å². The number of rotatable bonds is 5. The molecule has 2 aromatic heterocycles. The number of fused-ring (bicyclic) bond motifs is 1. The van der Waals surface area contributed by atoms with Crippen molar-refractivity contribution in [1.82, 2.24) is 24.6 Å². The molecule has 1 aliphatic heterocycles. The Morgan fingerprint density at radius 1 is 1.26 bits per heavy atom. The molecule has 0 aromatic carbocycles. The van der Waals surface area contributed by atoms with Crippen LogP contribution in [0.3, 0.4) is 0 Å². The Hall–Kier alpha value is -1.22. The predicted molar refractivity (Wildman–Crippen MR) is 94.3 cm³/mol. The van der Waals surface area contributed by atoms with Crippen molar-refractivity contribution in [2.75, 3.05) is 58.3 Å². The smallest absolute Gasteiger partial charge is 0.188 e. The minimum absolute atomic E-state index is 0.285. The van der Waals surface area contributed by atoms with E-state index in [0.29, 0.717) is 6.54 Å². The molecular weight excluding hydrogens is 312 g/mol. The van der Waals surface area contributed by atoms with Crippen LogP contribution in [0.1, 0.15) is 5.69 Å². The van der Waals surface area contributed by atoms with Crippen LogP contribution in [0.25, 0.3) is 10.3 Å². The van der Waals surface area contributed by atoms with Crippen LogP contribution in [0.5, 0.6) is 0 Å². The lowest BCUT2D eigenvalue weighted by molar-refractivity contribution is 0.0861. The van der Waals surface area contributed by atoms with Crippen molar-refractivity contribution in [2.45, 2.75) is 13.0 Å². The second-order valence-corrected chi connectivity index (χ2v) is 7.54. The fraction of sp³-hybridized carbons (Fsp3) is 0.733. The van der Waals surface area contributed by atoms with Crippen molar-refractivity contribution in [1.29, 1.82) is 0 Å². The second kappa shape index (κ2) is 6.72. The van der Waals surface area contributed by atoms with Gasteiger partial charge < -0.3 is 14.9 Å². The zero-order valence-electron chi connectivity index (χ0n) is 14.4. The Balaban J connectivity index is 1.58. The van der Waals surface area contributed by atoms with Crippen LogP contribution in [0, 0.1) is 6.92 Å². The summed E-state index contributed by atoms with van der Waals surface area (Å²) in [4.78, 5) is 11.5. The van der Waals surface area contributed by atoms with Gasteiger partial charge in [0.1, 0.15) is 0 Å². The maximum Gasteiger partial charge on any atom is 0.188 e. The Labute approximate surface area is 141 Å². The summed E-state index contributed by atoms with van der Waals surface area (Å²) in [6, 6.07) is 0. The van der Waals surface area contributed by atoms with Gasteiger partial charge in [0.2, 0.25) is 0 Å². The summed E-state index contributed by atoms with van der Waals surface area (Å²) in [5.74, 6) is 0. The average molecular weight is 338 g/mol. The molecule has 8 heteroatoms. The third-order valence-corrected chi connectivity index (χ3v) is 5.43. The Morgan fingerprint density at radius 2 is 1.96 bits per heavy atom. The topological polar surface area (TPSA) is 60.7 Å². The van der Waals surface area contributed by atoms with E-state index in [1.165, 1.54) is 4.70 Å². The van der Waals surface area contributed by atoms with E-state index in [4.69, 9.17) is 4.98 Å². The Kier molecular flexibility index (Phi) is 4.86. The summed E-state index contributed by atoms with van der Waals surface area (Å²) < 4.78 is 3.05. The number of aliphatic hydroxyl groups is 1. The summed E-state index contributed by atoms with van der Waals surface area (Å²) in [6.07, 6.45) is -0.285. The fourth-order valence-corrected chi connectivity index (χ4v) is 4.19.